The highest BCUT2D eigenvalue weighted by Gasteiger charge is 2.19. The van der Waals surface area contributed by atoms with Crippen LogP contribution in [0.1, 0.15) is 5.56 Å². The summed E-state index contributed by atoms with van der Waals surface area (Å²) in [6.45, 7) is 0.00803. The summed E-state index contributed by atoms with van der Waals surface area (Å²) in [5, 5.41) is 19.8. The van der Waals surface area contributed by atoms with Crippen molar-refractivity contribution in [3.63, 3.8) is 0 Å². The lowest BCUT2D eigenvalue weighted by Crippen LogP contribution is -2.29. The van der Waals surface area contributed by atoms with E-state index in [1.165, 1.54) is 41.2 Å². The van der Waals surface area contributed by atoms with Crippen molar-refractivity contribution >= 4 is 16.8 Å². The summed E-state index contributed by atoms with van der Waals surface area (Å²) in [5.41, 5.74) is -1.12. The second kappa shape index (κ2) is 5.66. The van der Waals surface area contributed by atoms with Crippen LogP contribution in [0.25, 0.3) is 16.8 Å². The molecule has 0 atom stereocenters. The molecule has 0 aliphatic carbocycles. The lowest BCUT2D eigenvalue weighted by molar-refractivity contribution is 0.404. The van der Waals surface area contributed by atoms with Gasteiger partial charge < -0.3 is 10.2 Å². The Labute approximate surface area is 144 Å². The van der Waals surface area contributed by atoms with Gasteiger partial charge in [-0.15, -0.1) is 0 Å². The van der Waals surface area contributed by atoms with Gasteiger partial charge in [-0.25, -0.2) is 18.8 Å². The van der Waals surface area contributed by atoms with Gasteiger partial charge in [0.25, 0.3) is 11.1 Å². The van der Waals surface area contributed by atoms with E-state index in [0.29, 0.717) is 5.56 Å². The first-order valence-electron chi connectivity index (χ1n) is 7.53. The van der Waals surface area contributed by atoms with E-state index in [2.05, 4.69) is 9.97 Å². The Morgan fingerprint density at radius 2 is 1.65 bits per heavy atom. The number of hydrogen-bond acceptors (Lipinski definition) is 6. The van der Waals surface area contributed by atoms with E-state index in [4.69, 9.17) is 0 Å². The molecule has 3 aromatic heterocycles. The topological polar surface area (TPSA) is 110 Å². The van der Waals surface area contributed by atoms with Crippen LogP contribution in [-0.4, -0.2) is 29.1 Å². The van der Waals surface area contributed by atoms with Gasteiger partial charge in [0.2, 0.25) is 0 Å². The fourth-order valence-corrected chi connectivity index (χ4v) is 2.81. The van der Waals surface area contributed by atoms with E-state index in [-0.39, 0.29) is 17.8 Å². The summed E-state index contributed by atoms with van der Waals surface area (Å²) >= 11 is 0. The third kappa shape index (κ3) is 2.29. The van der Waals surface area contributed by atoms with Crippen LogP contribution >= 0.6 is 0 Å². The van der Waals surface area contributed by atoms with E-state index in [1.54, 1.807) is 0 Å². The number of fused-ring (bicyclic) bond motifs is 3. The Bertz CT molecular complexity index is 1280. The zero-order chi connectivity index (χ0) is 18.4. The van der Waals surface area contributed by atoms with Gasteiger partial charge in [0.05, 0.1) is 6.54 Å². The molecule has 26 heavy (non-hydrogen) atoms. The Morgan fingerprint density at radius 1 is 1.00 bits per heavy atom. The monoisotopic (exact) mass is 354 g/mol. The highest BCUT2D eigenvalue weighted by Crippen LogP contribution is 2.26. The highest BCUT2D eigenvalue weighted by molar-refractivity contribution is 5.75. The van der Waals surface area contributed by atoms with Crippen LogP contribution in [0.5, 0.6) is 11.5 Å². The number of halogens is 1. The average Bonchev–Trinajstić information content (AvgIpc) is 2.63. The molecule has 2 N–H and O–H groups in total. The first-order chi connectivity index (χ1) is 12.5. The molecule has 3 heterocycles. The van der Waals surface area contributed by atoms with Crippen molar-refractivity contribution < 1.29 is 14.6 Å². The molecule has 130 valence electrons. The van der Waals surface area contributed by atoms with Gasteiger partial charge in [-0.05, 0) is 17.7 Å². The first-order valence-corrected chi connectivity index (χ1v) is 7.53. The summed E-state index contributed by atoms with van der Waals surface area (Å²) in [6.07, 6.45) is 2.70. The van der Waals surface area contributed by atoms with E-state index in [1.807, 2.05) is 0 Å². The van der Waals surface area contributed by atoms with Crippen molar-refractivity contribution in [3.05, 3.63) is 74.8 Å². The molecule has 4 aromatic rings. The summed E-state index contributed by atoms with van der Waals surface area (Å²) < 4.78 is 15.2. The van der Waals surface area contributed by atoms with Crippen LogP contribution in [0.3, 0.4) is 0 Å². The van der Waals surface area contributed by atoms with E-state index in [9.17, 15) is 24.2 Å². The van der Waals surface area contributed by atoms with E-state index >= 15 is 0 Å². The third-order valence-corrected chi connectivity index (χ3v) is 4.00. The molecule has 4 rings (SSSR count). The minimum Gasteiger partial charge on any atom is -0.504 e. The number of aromatic hydroxyl groups is 2. The summed E-state index contributed by atoms with van der Waals surface area (Å²) in [6, 6.07) is 6.30. The van der Waals surface area contributed by atoms with Crippen molar-refractivity contribution in [1.82, 2.24) is 18.9 Å². The molecule has 1 aromatic carbocycles. The number of rotatable bonds is 2. The van der Waals surface area contributed by atoms with Crippen LogP contribution in [0.2, 0.25) is 0 Å². The quantitative estimate of drug-likeness (QED) is 0.520. The van der Waals surface area contributed by atoms with Gasteiger partial charge in [0, 0.05) is 18.5 Å². The Kier molecular flexibility index (Phi) is 3.43. The predicted molar refractivity (Wildman–Crippen MR) is 89.9 cm³/mol. The second-order valence-electron chi connectivity index (χ2n) is 5.62. The molecule has 0 saturated heterocycles. The maximum atomic E-state index is 13.1. The molecule has 0 unspecified atom stereocenters. The summed E-state index contributed by atoms with van der Waals surface area (Å²) in [7, 11) is 0. The predicted octanol–water partition coefficient (Wildman–Crippen LogP) is 1.00. The van der Waals surface area contributed by atoms with Crippen LogP contribution in [-0.2, 0) is 6.54 Å². The van der Waals surface area contributed by atoms with Gasteiger partial charge in [0.1, 0.15) is 5.82 Å². The number of pyridine rings is 1. The molecule has 0 bridgehead atoms. The third-order valence-electron chi connectivity index (χ3n) is 4.00. The average molecular weight is 354 g/mol. The molecular weight excluding hydrogens is 343 g/mol. The SMILES string of the molecule is O=c1c2c(O)c(O)cc(=O)n2c2nccnc2n1Cc1ccc(F)cc1. The largest absolute Gasteiger partial charge is 0.504 e. The normalized spacial score (nSPS) is 11.3. The van der Waals surface area contributed by atoms with Crippen molar-refractivity contribution in [3.8, 4) is 11.5 Å². The molecule has 0 aliphatic rings. The van der Waals surface area contributed by atoms with Crippen LogP contribution in [0.4, 0.5) is 4.39 Å². The van der Waals surface area contributed by atoms with Crippen molar-refractivity contribution in [2.75, 3.05) is 0 Å². The van der Waals surface area contributed by atoms with Gasteiger partial charge >= 0.3 is 0 Å². The second-order valence-corrected chi connectivity index (χ2v) is 5.62. The standard InChI is InChI=1S/C17H11FN4O4/c18-10-3-1-9(2-4-10)8-21-15-16(20-6-5-19-15)22-12(24)7-11(23)14(25)13(22)17(21)26/h1-7,23,25H,8H2. The van der Waals surface area contributed by atoms with Gasteiger partial charge in [-0.2, -0.15) is 0 Å². The van der Waals surface area contributed by atoms with Crippen LogP contribution in [0, 0.1) is 5.82 Å². The lowest BCUT2D eigenvalue weighted by Gasteiger charge is -2.13. The maximum absolute atomic E-state index is 13.1. The highest BCUT2D eigenvalue weighted by atomic mass is 19.1. The summed E-state index contributed by atoms with van der Waals surface area (Å²) in [4.78, 5) is 33.4. The number of nitrogens with zero attached hydrogens (tertiary/aromatic N) is 4. The molecule has 0 fully saturated rings. The zero-order valence-corrected chi connectivity index (χ0v) is 13.1. The molecule has 0 saturated carbocycles. The van der Waals surface area contributed by atoms with Crippen molar-refractivity contribution in [1.29, 1.82) is 0 Å². The van der Waals surface area contributed by atoms with Gasteiger partial charge in [0.15, 0.2) is 28.3 Å². The molecule has 8 nitrogen and oxygen atoms in total. The molecule has 0 amide bonds. The first kappa shape index (κ1) is 15.8. The minimum absolute atomic E-state index is 0.00803. The molecule has 9 heteroatoms. The maximum Gasteiger partial charge on any atom is 0.281 e. The Hall–Kier alpha value is -3.75. The molecular formula is C17H11FN4O4. The number of hydrogen-bond donors (Lipinski definition) is 2. The van der Waals surface area contributed by atoms with E-state index in [0.717, 1.165) is 10.5 Å². The van der Waals surface area contributed by atoms with Gasteiger partial charge in [-0.1, -0.05) is 12.1 Å². The molecule has 0 aliphatic heterocycles. The lowest BCUT2D eigenvalue weighted by atomic mass is 10.2. The molecule has 0 spiro atoms. The minimum atomic E-state index is -0.743. The zero-order valence-electron chi connectivity index (χ0n) is 13.1. The smallest absolute Gasteiger partial charge is 0.281 e. The van der Waals surface area contributed by atoms with Gasteiger partial charge in [-0.3, -0.25) is 14.2 Å². The van der Waals surface area contributed by atoms with Crippen LogP contribution < -0.4 is 11.1 Å². The van der Waals surface area contributed by atoms with Crippen molar-refractivity contribution in [2.45, 2.75) is 6.54 Å². The Balaban J connectivity index is 2.13. The van der Waals surface area contributed by atoms with E-state index < -0.39 is 34.0 Å². The molecule has 0 radical (unpaired) electrons. The summed E-state index contributed by atoms with van der Waals surface area (Å²) in [5.74, 6) is -1.85. The fourth-order valence-electron chi connectivity index (χ4n) is 2.81. The fraction of sp³-hybridized carbons (Fsp3) is 0.0588. The van der Waals surface area contributed by atoms with Crippen molar-refractivity contribution in [2.24, 2.45) is 0 Å². The number of benzene rings is 1. The van der Waals surface area contributed by atoms with Crippen LogP contribution in [0.15, 0.2) is 52.3 Å². The number of aromatic nitrogens is 4. The Morgan fingerprint density at radius 3 is 2.35 bits per heavy atom.